The molecule has 0 aromatic carbocycles. The molecular formula is C9H16N2O4. The van der Waals surface area contributed by atoms with Crippen molar-refractivity contribution < 1.29 is 19.3 Å². The van der Waals surface area contributed by atoms with E-state index in [0.29, 0.717) is 19.8 Å². The van der Waals surface area contributed by atoms with Gasteiger partial charge in [-0.2, -0.15) is 0 Å². The first-order valence-corrected chi connectivity index (χ1v) is 5.10. The van der Waals surface area contributed by atoms with E-state index in [2.05, 4.69) is 4.99 Å². The van der Waals surface area contributed by atoms with Crippen LogP contribution in [0.2, 0.25) is 0 Å². The van der Waals surface area contributed by atoms with E-state index in [4.69, 9.17) is 19.9 Å². The van der Waals surface area contributed by atoms with Gasteiger partial charge in [0.05, 0.1) is 13.2 Å². The number of hydrogen-bond acceptors (Lipinski definition) is 5. The molecule has 0 spiro atoms. The standard InChI is InChI=1S/C9H16N2O4/c1-2-11-9(10)15-6-4-14-7-5(12)3-13-8(6)7/h5-8,12H,2-4H2,1H3,(H2,10,11). The van der Waals surface area contributed by atoms with Crippen LogP contribution in [0, 0.1) is 0 Å². The lowest BCUT2D eigenvalue weighted by Gasteiger charge is -2.16. The number of fused-ring (bicyclic) bond motifs is 1. The molecule has 0 aliphatic carbocycles. The second kappa shape index (κ2) is 4.34. The predicted molar refractivity (Wildman–Crippen MR) is 52.5 cm³/mol. The van der Waals surface area contributed by atoms with E-state index in [9.17, 15) is 5.11 Å². The molecule has 2 aliphatic heterocycles. The second-order valence-electron chi connectivity index (χ2n) is 3.63. The number of amidine groups is 1. The summed E-state index contributed by atoms with van der Waals surface area (Å²) in [7, 11) is 0. The van der Waals surface area contributed by atoms with E-state index in [1.54, 1.807) is 0 Å². The molecule has 2 saturated heterocycles. The molecule has 6 heteroatoms. The number of aliphatic hydroxyl groups excluding tert-OH is 1. The number of nitrogens with two attached hydrogens (primary N) is 1. The first-order valence-electron chi connectivity index (χ1n) is 5.10. The molecular weight excluding hydrogens is 200 g/mol. The van der Waals surface area contributed by atoms with Gasteiger partial charge in [0.25, 0.3) is 6.02 Å². The van der Waals surface area contributed by atoms with Crippen LogP contribution in [0.25, 0.3) is 0 Å². The molecule has 0 bridgehead atoms. The summed E-state index contributed by atoms with van der Waals surface area (Å²) in [6.45, 7) is 3.13. The summed E-state index contributed by atoms with van der Waals surface area (Å²) >= 11 is 0. The molecule has 4 unspecified atom stereocenters. The molecule has 0 saturated carbocycles. The van der Waals surface area contributed by atoms with Crippen LogP contribution in [0.4, 0.5) is 0 Å². The van der Waals surface area contributed by atoms with Crippen molar-refractivity contribution in [1.29, 1.82) is 0 Å². The SMILES string of the molecule is CCN=C(N)OC1COC2C(O)COC12. The van der Waals surface area contributed by atoms with E-state index in [-0.39, 0.29) is 24.3 Å². The van der Waals surface area contributed by atoms with Crippen molar-refractivity contribution in [3.8, 4) is 0 Å². The summed E-state index contributed by atoms with van der Waals surface area (Å²) in [4.78, 5) is 3.92. The lowest BCUT2D eigenvalue weighted by atomic mass is 10.1. The highest BCUT2D eigenvalue weighted by Crippen LogP contribution is 2.28. The molecule has 86 valence electrons. The molecule has 6 nitrogen and oxygen atoms in total. The first kappa shape index (κ1) is 10.7. The van der Waals surface area contributed by atoms with Crippen molar-refractivity contribution in [3.63, 3.8) is 0 Å². The Hall–Kier alpha value is -0.850. The highest BCUT2D eigenvalue weighted by atomic mass is 16.6. The monoisotopic (exact) mass is 216 g/mol. The molecule has 0 amide bonds. The van der Waals surface area contributed by atoms with Crippen molar-refractivity contribution in [1.82, 2.24) is 0 Å². The Kier molecular flexibility index (Phi) is 3.08. The zero-order valence-corrected chi connectivity index (χ0v) is 8.63. The number of nitrogens with zero attached hydrogens (tertiary/aromatic N) is 1. The Balaban J connectivity index is 1.93. The fourth-order valence-corrected chi connectivity index (χ4v) is 1.89. The van der Waals surface area contributed by atoms with Crippen LogP contribution < -0.4 is 5.73 Å². The second-order valence-corrected chi connectivity index (χ2v) is 3.63. The lowest BCUT2D eigenvalue weighted by molar-refractivity contribution is 0.00549. The van der Waals surface area contributed by atoms with Gasteiger partial charge in [0.2, 0.25) is 0 Å². The average molecular weight is 216 g/mol. The van der Waals surface area contributed by atoms with Gasteiger partial charge in [0.15, 0.2) is 6.10 Å². The summed E-state index contributed by atoms with van der Waals surface area (Å²) in [6.07, 6.45) is -1.34. The Labute approximate surface area is 88.0 Å². The molecule has 2 fully saturated rings. The van der Waals surface area contributed by atoms with Gasteiger partial charge in [-0.1, -0.05) is 0 Å². The van der Waals surface area contributed by atoms with Crippen LogP contribution >= 0.6 is 0 Å². The van der Waals surface area contributed by atoms with Crippen LogP contribution in [0.5, 0.6) is 0 Å². The molecule has 0 radical (unpaired) electrons. The molecule has 2 heterocycles. The summed E-state index contributed by atoms with van der Waals surface area (Å²) < 4.78 is 16.1. The van der Waals surface area contributed by atoms with Gasteiger partial charge in [0, 0.05) is 6.54 Å². The van der Waals surface area contributed by atoms with Gasteiger partial charge >= 0.3 is 0 Å². The Morgan fingerprint density at radius 3 is 2.93 bits per heavy atom. The maximum absolute atomic E-state index is 9.49. The predicted octanol–water partition coefficient (Wildman–Crippen LogP) is -1.14. The van der Waals surface area contributed by atoms with Crippen LogP contribution in [-0.4, -0.2) is 55.3 Å². The minimum Gasteiger partial charge on any atom is -0.457 e. The minimum atomic E-state index is -0.562. The zero-order chi connectivity index (χ0) is 10.8. The Morgan fingerprint density at radius 1 is 1.47 bits per heavy atom. The van der Waals surface area contributed by atoms with Gasteiger partial charge < -0.3 is 25.1 Å². The van der Waals surface area contributed by atoms with E-state index >= 15 is 0 Å². The number of aliphatic imine (C=N–C) groups is 1. The van der Waals surface area contributed by atoms with Gasteiger partial charge in [-0.05, 0) is 6.92 Å². The third kappa shape index (κ3) is 2.06. The number of hydrogen-bond donors (Lipinski definition) is 2. The van der Waals surface area contributed by atoms with Crippen molar-refractivity contribution in [2.24, 2.45) is 10.7 Å². The van der Waals surface area contributed by atoms with E-state index < -0.39 is 6.10 Å². The van der Waals surface area contributed by atoms with Crippen LogP contribution in [-0.2, 0) is 14.2 Å². The molecule has 2 rings (SSSR count). The molecule has 3 N–H and O–H groups in total. The summed E-state index contributed by atoms with van der Waals surface area (Å²) in [5.74, 6) is 0. The number of aliphatic hydroxyl groups is 1. The molecule has 15 heavy (non-hydrogen) atoms. The largest absolute Gasteiger partial charge is 0.457 e. The number of ether oxygens (including phenoxy) is 3. The van der Waals surface area contributed by atoms with Crippen LogP contribution in [0.3, 0.4) is 0 Å². The van der Waals surface area contributed by atoms with Crippen molar-refractivity contribution in [3.05, 3.63) is 0 Å². The molecule has 0 aromatic heterocycles. The minimum absolute atomic E-state index is 0.150. The highest BCUT2D eigenvalue weighted by Gasteiger charge is 2.48. The topological polar surface area (TPSA) is 86.3 Å². The third-order valence-electron chi connectivity index (χ3n) is 2.57. The maximum atomic E-state index is 9.49. The van der Waals surface area contributed by atoms with Crippen LogP contribution in [0.15, 0.2) is 4.99 Å². The van der Waals surface area contributed by atoms with E-state index in [0.717, 1.165) is 0 Å². The first-order chi connectivity index (χ1) is 7.22. The van der Waals surface area contributed by atoms with Gasteiger partial charge in [-0.25, -0.2) is 4.99 Å². The lowest BCUT2D eigenvalue weighted by Crippen LogP contribution is -2.36. The van der Waals surface area contributed by atoms with Gasteiger partial charge in [-0.15, -0.1) is 0 Å². The third-order valence-corrected chi connectivity index (χ3v) is 2.57. The Morgan fingerprint density at radius 2 is 2.20 bits per heavy atom. The average Bonchev–Trinajstić information content (AvgIpc) is 2.72. The summed E-state index contributed by atoms with van der Waals surface area (Å²) in [6, 6.07) is 0.150. The zero-order valence-electron chi connectivity index (χ0n) is 8.63. The van der Waals surface area contributed by atoms with Gasteiger partial charge in [-0.3, -0.25) is 0 Å². The molecule has 4 atom stereocenters. The fourth-order valence-electron chi connectivity index (χ4n) is 1.89. The summed E-state index contributed by atoms with van der Waals surface area (Å²) in [5.41, 5.74) is 5.54. The van der Waals surface area contributed by atoms with Crippen molar-refractivity contribution >= 4 is 6.02 Å². The summed E-state index contributed by atoms with van der Waals surface area (Å²) in [5, 5.41) is 9.49. The van der Waals surface area contributed by atoms with Gasteiger partial charge in [0.1, 0.15) is 18.3 Å². The highest BCUT2D eigenvalue weighted by molar-refractivity contribution is 5.71. The number of rotatable bonds is 2. The van der Waals surface area contributed by atoms with Crippen molar-refractivity contribution in [2.75, 3.05) is 19.8 Å². The fraction of sp³-hybridized carbons (Fsp3) is 0.889. The quantitative estimate of drug-likeness (QED) is 0.450. The smallest absolute Gasteiger partial charge is 0.282 e. The van der Waals surface area contributed by atoms with Crippen LogP contribution in [0.1, 0.15) is 6.92 Å². The Bertz CT molecular complexity index is 258. The van der Waals surface area contributed by atoms with E-state index in [1.165, 1.54) is 0 Å². The van der Waals surface area contributed by atoms with E-state index in [1.807, 2.05) is 6.92 Å². The maximum Gasteiger partial charge on any atom is 0.282 e. The molecule has 2 aliphatic rings. The van der Waals surface area contributed by atoms with Crippen molar-refractivity contribution in [2.45, 2.75) is 31.3 Å². The normalized spacial score (nSPS) is 40.5. The molecule has 0 aromatic rings.